The quantitative estimate of drug-likeness (QED) is 0.507. The third-order valence-corrected chi connectivity index (χ3v) is 3.29. The van der Waals surface area contributed by atoms with E-state index in [9.17, 15) is 9.59 Å². The second-order valence-electron chi connectivity index (χ2n) is 5.04. The largest absolute Gasteiger partial charge is 0.489 e. The van der Waals surface area contributed by atoms with Gasteiger partial charge in [-0.05, 0) is 36.3 Å². The summed E-state index contributed by atoms with van der Waals surface area (Å²) in [7, 11) is 1.50. The van der Waals surface area contributed by atoms with Crippen molar-refractivity contribution < 1.29 is 14.3 Å². The summed E-state index contributed by atoms with van der Waals surface area (Å²) in [6.45, 7) is 1.87. The minimum Gasteiger partial charge on any atom is -0.489 e. The molecule has 1 amide bonds. The minimum atomic E-state index is -0.387. The van der Waals surface area contributed by atoms with E-state index >= 15 is 0 Å². The van der Waals surface area contributed by atoms with Crippen LogP contribution >= 0.6 is 0 Å². The standard InChI is InChI=1S/C19H19NO3/c1-14(21)18(19(22)20-2)12-15-8-10-17(11-9-15)23-13-16-6-4-3-5-7-16/h3-12H,13H2,1-2H3,(H,20,22)/b18-12+. The molecule has 2 aromatic rings. The van der Waals surface area contributed by atoms with Gasteiger partial charge in [0.25, 0.3) is 5.91 Å². The number of carbonyl (C=O) groups excluding carboxylic acids is 2. The summed E-state index contributed by atoms with van der Waals surface area (Å²) < 4.78 is 5.70. The summed E-state index contributed by atoms with van der Waals surface area (Å²) in [5, 5.41) is 2.46. The highest BCUT2D eigenvalue weighted by Gasteiger charge is 2.12. The Bertz CT molecular complexity index is 703. The second kappa shape index (κ2) is 7.94. The average Bonchev–Trinajstić information content (AvgIpc) is 2.59. The first-order valence-corrected chi connectivity index (χ1v) is 7.31. The van der Waals surface area contributed by atoms with Crippen molar-refractivity contribution in [2.45, 2.75) is 13.5 Å². The number of ether oxygens (including phenoxy) is 1. The lowest BCUT2D eigenvalue weighted by atomic mass is 10.1. The van der Waals surface area contributed by atoms with Crippen molar-refractivity contribution >= 4 is 17.8 Å². The average molecular weight is 309 g/mol. The molecule has 0 spiro atoms. The van der Waals surface area contributed by atoms with Crippen LogP contribution in [0.4, 0.5) is 0 Å². The zero-order chi connectivity index (χ0) is 16.7. The molecule has 2 rings (SSSR count). The molecular weight excluding hydrogens is 290 g/mol. The Balaban J connectivity index is 2.06. The molecule has 0 aliphatic heterocycles. The van der Waals surface area contributed by atoms with Crippen molar-refractivity contribution in [3.8, 4) is 5.75 Å². The topological polar surface area (TPSA) is 55.4 Å². The van der Waals surface area contributed by atoms with Crippen molar-refractivity contribution in [1.82, 2.24) is 5.32 Å². The van der Waals surface area contributed by atoms with E-state index in [1.54, 1.807) is 6.08 Å². The van der Waals surface area contributed by atoms with E-state index in [1.165, 1.54) is 14.0 Å². The molecule has 4 nitrogen and oxygen atoms in total. The Morgan fingerprint density at radius 1 is 1.04 bits per heavy atom. The fourth-order valence-electron chi connectivity index (χ4n) is 2.03. The highest BCUT2D eigenvalue weighted by molar-refractivity contribution is 6.21. The first-order valence-electron chi connectivity index (χ1n) is 7.31. The summed E-state index contributed by atoms with van der Waals surface area (Å²) >= 11 is 0. The lowest BCUT2D eigenvalue weighted by molar-refractivity contribution is -0.121. The first kappa shape index (κ1) is 16.5. The maximum Gasteiger partial charge on any atom is 0.254 e. The van der Waals surface area contributed by atoms with Gasteiger partial charge in [0, 0.05) is 7.05 Å². The van der Waals surface area contributed by atoms with E-state index in [0.717, 1.165) is 16.9 Å². The van der Waals surface area contributed by atoms with Crippen molar-refractivity contribution in [2.24, 2.45) is 0 Å². The normalized spacial score (nSPS) is 11.0. The van der Waals surface area contributed by atoms with Crippen LogP contribution in [0.3, 0.4) is 0 Å². The molecule has 118 valence electrons. The molecule has 0 unspecified atom stereocenters. The van der Waals surface area contributed by atoms with E-state index in [2.05, 4.69) is 5.32 Å². The third-order valence-electron chi connectivity index (χ3n) is 3.29. The molecular formula is C19H19NO3. The van der Waals surface area contributed by atoms with E-state index in [4.69, 9.17) is 4.74 Å². The van der Waals surface area contributed by atoms with Gasteiger partial charge >= 0.3 is 0 Å². The number of carbonyl (C=O) groups is 2. The summed E-state index contributed by atoms with van der Waals surface area (Å²) in [5.41, 5.74) is 1.99. The number of hydrogen-bond donors (Lipinski definition) is 1. The van der Waals surface area contributed by atoms with Crippen LogP contribution in [-0.4, -0.2) is 18.7 Å². The summed E-state index contributed by atoms with van der Waals surface area (Å²) in [6.07, 6.45) is 1.57. The highest BCUT2D eigenvalue weighted by atomic mass is 16.5. The minimum absolute atomic E-state index is 0.130. The fraction of sp³-hybridized carbons (Fsp3) is 0.158. The van der Waals surface area contributed by atoms with Gasteiger partial charge in [-0.25, -0.2) is 0 Å². The van der Waals surface area contributed by atoms with Crippen LogP contribution in [0.25, 0.3) is 6.08 Å². The van der Waals surface area contributed by atoms with Crippen molar-refractivity contribution in [3.05, 3.63) is 71.3 Å². The van der Waals surface area contributed by atoms with Crippen molar-refractivity contribution in [3.63, 3.8) is 0 Å². The zero-order valence-corrected chi connectivity index (χ0v) is 13.2. The van der Waals surface area contributed by atoms with Crippen LogP contribution in [0.15, 0.2) is 60.2 Å². The zero-order valence-electron chi connectivity index (χ0n) is 13.2. The lowest BCUT2D eigenvalue weighted by Crippen LogP contribution is -2.23. The molecule has 0 saturated carbocycles. The number of hydrogen-bond acceptors (Lipinski definition) is 3. The summed E-state index contributed by atoms with van der Waals surface area (Å²) in [6, 6.07) is 17.2. The Kier molecular flexibility index (Phi) is 5.69. The van der Waals surface area contributed by atoms with Gasteiger partial charge < -0.3 is 10.1 Å². The molecule has 0 aromatic heterocycles. The van der Waals surface area contributed by atoms with E-state index in [-0.39, 0.29) is 17.3 Å². The smallest absolute Gasteiger partial charge is 0.254 e. The van der Waals surface area contributed by atoms with E-state index in [0.29, 0.717) is 6.61 Å². The van der Waals surface area contributed by atoms with Crippen molar-refractivity contribution in [2.75, 3.05) is 7.05 Å². The van der Waals surface area contributed by atoms with Gasteiger partial charge in [-0.1, -0.05) is 42.5 Å². The van der Waals surface area contributed by atoms with Gasteiger partial charge in [0.2, 0.25) is 0 Å². The third kappa shape index (κ3) is 4.81. The number of rotatable bonds is 6. The molecule has 0 atom stereocenters. The number of benzene rings is 2. The van der Waals surface area contributed by atoms with E-state index < -0.39 is 0 Å². The number of likely N-dealkylation sites (N-methyl/N-ethyl adjacent to an activating group) is 1. The van der Waals surface area contributed by atoms with Crippen LogP contribution < -0.4 is 10.1 Å². The highest BCUT2D eigenvalue weighted by Crippen LogP contribution is 2.16. The molecule has 0 fully saturated rings. The number of nitrogens with one attached hydrogen (secondary N) is 1. The predicted molar refractivity (Wildman–Crippen MR) is 89.9 cm³/mol. The molecule has 4 heteroatoms. The SMILES string of the molecule is CNC(=O)/C(=C/c1ccc(OCc2ccccc2)cc1)C(C)=O. The van der Waals surface area contributed by atoms with Crippen LogP contribution in [0, 0.1) is 0 Å². The van der Waals surface area contributed by atoms with Crippen LogP contribution in [0.1, 0.15) is 18.1 Å². The van der Waals surface area contributed by atoms with Gasteiger partial charge in [0.1, 0.15) is 12.4 Å². The maximum atomic E-state index is 11.7. The summed E-state index contributed by atoms with van der Waals surface area (Å²) in [4.78, 5) is 23.2. The van der Waals surface area contributed by atoms with Gasteiger partial charge in [-0.15, -0.1) is 0 Å². The molecule has 0 aliphatic carbocycles. The van der Waals surface area contributed by atoms with Crippen LogP contribution in [0.2, 0.25) is 0 Å². The Labute approximate surface area is 135 Å². The van der Waals surface area contributed by atoms with E-state index in [1.807, 2.05) is 54.6 Å². The number of amides is 1. The Hall–Kier alpha value is -2.88. The molecule has 0 aliphatic rings. The fourth-order valence-corrected chi connectivity index (χ4v) is 2.03. The molecule has 0 saturated heterocycles. The van der Waals surface area contributed by atoms with Gasteiger partial charge in [-0.3, -0.25) is 9.59 Å². The molecule has 23 heavy (non-hydrogen) atoms. The molecule has 0 radical (unpaired) electrons. The van der Waals surface area contributed by atoms with Gasteiger partial charge in [0.15, 0.2) is 5.78 Å². The second-order valence-corrected chi connectivity index (χ2v) is 5.04. The maximum absolute atomic E-state index is 11.7. The lowest BCUT2D eigenvalue weighted by Gasteiger charge is -2.07. The van der Waals surface area contributed by atoms with Crippen molar-refractivity contribution in [1.29, 1.82) is 0 Å². The molecule has 0 heterocycles. The monoisotopic (exact) mass is 309 g/mol. The molecule has 0 bridgehead atoms. The summed E-state index contributed by atoms with van der Waals surface area (Å²) in [5.74, 6) is 0.0750. The van der Waals surface area contributed by atoms with Crippen LogP contribution in [0.5, 0.6) is 5.75 Å². The first-order chi connectivity index (χ1) is 11.1. The molecule has 1 N–H and O–H groups in total. The number of ketones is 1. The van der Waals surface area contributed by atoms with Crippen LogP contribution in [-0.2, 0) is 16.2 Å². The molecule has 2 aromatic carbocycles. The Morgan fingerprint density at radius 2 is 1.70 bits per heavy atom. The number of Topliss-reactive ketones (excluding diaryl/α,β-unsaturated/α-hetero) is 1. The van der Waals surface area contributed by atoms with Gasteiger partial charge in [0.05, 0.1) is 5.57 Å². The van der Waals surface area contributed by atoms with Gasteiger partial charge in [-0.2, -0.15) is 0 Å². The Morgan fingerprint density at radius 3 is 2.26 bits per heavy atom. The predicted octanol–water partition coefficient (Wildman–Crippen LogP) is 2.98.